The van der Waals surface area contributed by atoms with Crippen LogP contribution < -0.4 is 0 Å². The number of esters is 1. The highest BCUT2D eigenvalue weighted by molar-refractivity contribution is 7.84. The van der Waals surface area contributed by atoms with E-state index >= 15 is 0 Å². The van der Waals surface area contributed by atoms with Crippen LogP contribution in [0.15, 0.2) is 12.2 Å². The van der Waals surface area contributed by atoms with Crippen molar-refractivity contribution in [2.45, 2.75) is 44.1 Å². The molecule has 0 aromatic heterocycles. The molecule has 2 aliphatic heterocycles. The lowest BCUT2D eigenvalue weighted by Crippen LogP contribution is -2.71. The number of imide groups is 1. The summed E-state index contributed by atoms with van der Waals surface area (Å²) < 4.78 is 18.4. The van der Waals surface area contributed by atoms with Gasteiger partial charge in [0.1, 0.15) is 6.04 Å². The fraction of sp³-hybridized carbons (Fsp3) is 0.600. The number of carbonyl (C=O) groups is 4. The second kappa shape index (κ2) is 7.54. The topological polar surface area (TPSA) is 121 Å². The van der Waals surface area contributed by atoms with Gasteiger partial charge in [0.15, 0.2) is 16.4 Å². The molecule has 4 unspecified atom stereocenters. The van der Waals surface area contributed by atoms with E-state index in [1.807, 2.05) is 0 Å². The molecule has 142 valence electrons. The van der Waals surface area contributed by atoms with Crippen LogP contribution in [0.3, 0.4) is 0 Å². The number of amides is 3. The summed E-state index contributed by atoms with van der Waals surface area (Å²) in [7, 11) is -1.08. The lowest BCUT2D eigenvalue weighted by atomic mass is 10.0. The Labute approximate surface area is 152 Å². The van der Waals surface area contributed by atoms with Gasteiger partial charge in [-0.3, -0.25) is 19.3 Å². The fourth-order valence-corrected chi connectivity index (χ4v) is 4.72. The standard InChI is InChI=1S/C15H20N3O7S/c1-8(2)13(15(22)25-4)16-7-10(17(23)9(3)19)14(16)26(24)18-11(20)5-6-12(18)21/h10,13-14H,1,5-7H2,2-4H3/q+1. The molecule has 2 aliphatic rings. The molecule has 0 aromatic rings. The van der Waals surface area contributed by atoms with E-state index in [2.05, 4.69) is 6.58 Å². The van der Waals surface area contributed by atoms with E-state index in [0.29, 0.717) is 9.88 Å². The molecule has 0 N–H and O–H groups in total. The summed E-state index contributed by atoms with van der Waals surface area (Å²) in [5.41, 5.74) is 0.372. The van der Waals surface area contributed by atoms with E-state index in [4.69, 9.17) is 4.74 Å². The van der Waals surface area contributed by atoms with Gasteiger partial charge in [0, 0.05) is 17.7 Å². The molecule has 4 atom stereocenters. The molecule has 26 heavy (non-hydrogen) atoms. The van der Waals surface area contributed by atoms with Crippen molar-refractivity contribution in [1.82, 2.24) is 9.21 Å². The van der Waals surface area contributed by atoms with Crippen LogP contribution in [0.25, 0.3) is 0 Å². The molecule has 3 amide bonds. The number of carbonyl (C=O) groups excluding carboxylic acids is 4. The van der Waals surface area contributed by atoms with Crippen molar-refractivity contribution in [2.75, 3.05) is 13.7 Å². The Kier molecular flexibility index (Phi) is 5.81. The maximum Gasteiger partial charge on any atom is 0.430 e. The van der Waals surface area contributed by atoms with Crippen LogP contribution in [0.4, 0.5) is 0 Å². The van der Waals surface area contributed by atoms with Crippen LogP contribution in [-0.4, -0.2) is 73.0 Å². The zero-order valence-electron chi connectivity index (χ0n) is 14.7. The van der Waals surface area contributed by atoms with E-state index < -0.39 is 52.1 Å². The first-order valence-corrected chi connectivity index (χ1v) is 9.01. The molecular weight excluding hydrogens is 366 g/mol. The first-order chi connectivity index (χ1) is 12.1. The Morgan fingerprint density at radius 2 is 1.81 bits per heavy atom. The predicted molar refractivity (Wildman–Crippen MR) is 88.4 cm³/mol. The van der Waals surface area contributed by atoms with Crippen molar-refractivity contribution in [3.8, 4) is 0 Å². The van der Waals surface area contributed by atoms with E-state index in [9.17, 15) is 28.3 Å². The highest BCUT2D eigenvalue weighted by atomic mass is 32.2. The van der Waals surface area contributed by atoms with Gasteiger partial charge in [0.25, 0.3) is 6.04 Å². The number of nitroso groups, excluding NO2 is 1. The number of likely N-dealkylation sites (tertiary alicyclic amines) is 1. The maximum absolute atomic E-state index is 12.9. The molecule has 0 bridgehead atoms. The largest absolute Gasteiger partial charge is 0.468 e. The summed E-state index contributed by atoms with van der Waals surface area (Å²) >= 11 is 0. The van der Waals surface area contributed by atoms with Crippen LogP contribution in [0, 0.1) is 4.91 Å². The molecule has 2 saturated heterocycles. The minimum absolute atomic E-state index is 0.0671. The number of nitrogens with zero attached hydrogens (tertiary/aromatic N) is 3. The molecular formula is C15H20N3O7S+. The summed E-state index contributed by atoms with van der Waals surface area (Å²) in [5.74, 6) is -2.73. The summed E-state index contributed by atoms with van der Waals surface area (Å²) in [6.45, 7) is 6.25. The Morgan fingerprint density at radius 1 is 1.27 bits per heavy atom. The predicted octanol–water partition coefficient (Wildman–Crippen LogP) is -0.747. The van der Waals surface area contributed by atoms with Crippen molar-refractivity contribution >= 4 is 34.7 Å². The van der Waals surface area contributed by atoms with E-state index in [1.165, 1.54) is 12.0 Å². The minimum atomic E-state index is -2.25. The monoisotopic (exact) mass is 386 g/mol. The third-order valence-corrected chi connectivity index (χ3v) is 6.05. The average molecular weight is 386 g/mol. The van der Waals surface area contributed by atoms with E-state index in [-0.39, 0.29) is 24.1 Å². The van der Waals surface area contributed by atoms with Crippen molar-refractivity contribution in [3.63, 3.8) is 0 Å². The number of methoxy groups -OCH3 is 1. The highest BCUT2D eigenvalue weighted by Crippen LogP contribution is 2.32. The smallest absolute Gasteiger partial charge is 0.430 e. The normalized spacial score (nSPS) is 25.4. The third-order valence-electron chi connectivity index (χ3n) is 4.28. The SMILES string of the molecule is C=C(C)C(C(=O)OC)N1CC([N+](=O)C(C)=O)C1S(=O)N1C(=O)CCC1=O. The van der Waals surface area contributed by atoms with Gasteiger partial charge in [-0.1, -0.05) is 12.2 Å². The Morgan fingerprint density at radius 3 is 2.23 bits per heavy atom. The molecule has 2 rings (SSSR count). The van der Waals surface area contributed by atoms with Gasteiger partial charge in [0.2, 0.25) is 11.8 Å². The number of ether oxygens (including phenoxy) is 1. The van der Waals surface area contributed by atoms with Crippen LogP contribution in [0.5, 0.6) is 0 Å². The molecule has 0 aliphatic carbocycles. The van der Waals surface area contributed by atoms with Gasteiger partial charge in [-0.25, -0.2) is 9.00 Å². The third kappa shape index (κ3) is 3.36. The van der Waals surface area contributed by atoms with Crippen LogP contribution in [-0.2, 0) is 34.9 Å². The summed E-state index contributed by atoms with van der Waals surface area (Å²) in [5, 5.41) is -1.21. The molecule has 11 heteroatoms. The second-order valence-corrected chi connectivity index (χ2v) is 7.53. The average Bonchev–Trinajstić information content (AvgIpc) is 2.87. The van der Waals surface area contributed by atoms with Crippen molar-refractivity contribution in [3.05, 3.63) is 17.1 Å². The van der Waals surface area contributed by atoms with Crippen molar-refractivity contribution < 1.29 is 32.9 Å². The van der Waals surface area contributed by atoms with Crippen LogP contribution in [0.1, 0.15) is 26.7 Å². The van der Waals surface area contributed by atoms with Crippen molar-refractivity contribution in [1.29, 1.82) is 0 Å². The zero-order chi connectivity index (χ0) is 19.8. The number of hydrogen-bond donors (Lipinski definition) is 0. The number of rotatable bonds is 6. The van der Waals surface area contributed by atoms with Gasteiger partial charge < -0.3 is 4.74 Å². The lowest BCUT2D eigenvalue weighted by molar-refractivity contribution is -0.527. The molecule has 0 spiro atoms. The molecule has 0 radical (unpaired) electrons. The summed E-state index contributed by atoms with van der Waals surface area (Å²) in [4.78, 5) is 60.8. The molecule has 2 fully saturated rings. The van der Waals surface area contributed by atoms with Gasteiger partial charge in [0.05, 0.1) is 25.3 Å². The molecule has 0 aromatic carbocycles. The summed E-state index contributed by atoms with van der Waals surface area (Å²) in [6, 6.07) is -2.08. The fourth-order valence-electron chi connectivity index (χ4n) is 3.02. The zero-order valence-corrected chi connectivity index (χ0v) is 15.5. The van der Waals surface area contributed by atoms with Gasteiger partial charge in [-0.15, -0.1) is 0 Å². The molecule has 0 saturated carbocycles. The van der Waals surface area contributed by atoms with Crippen LogP contribution in [0.2, 0.25) is 0 Å². The Balaban J connectivity index is 2.39. The minimum Gasteiger partial charge on any atom is -0.468 e. The highest BCUT2D eigenvalue weighted by Gasteiger charge is 2.60. The summed E-state index contributed by atoms with van der Waals surface area (Å²) in [6.07, 6.45) is -0.145. The maximum atomic E-state index is 12.9. The Bertz CT molecular complexity index is 719. The lowest BCUT2D eigenvalue weighted by Gasteiger charge is -2.45. The van der Waals surface area contributed by atoms with Gasteiger partial charge in [-0.2, -0.15) is 4.31 Å². The molecule has 10 nitrogen and oxygen atoms in total. The van der Waals surface area contributed by atoms with Crippen molar-refractivity contribution in [2.24, 2.45) is 0 Å². The Hall–Kier alpha value is -2.27. The van der Waals surface area contributed by atoms with E-state index in [0.717, 1.165) is 6.92 Å². The second-order valence-electron chi connectivity index (χ2n) is 6.13. The number of hydrogen-bond acceptors (Lipinski definition) is 8. The van der Waals surface area contributed by atoms with Gasteiger partial charge >= 0.3 is 11.9 Å². The first kappa shape index (κ1) is 20.0. The first-order valence-electron chi connectivity index (χ1n) is 7.84. The van der Waals surface area contributed by atoms with Crippen LogP contribution >= 0.6 is 0 Å². The molecule has 2 heterocycles. The quantitative estimate of drug-likeness (QED) is 0.253. The van der Waals surface area contributed by atoms with E-state index in [1.54, 1.807) is 6.92 Å². The van der Waals surface area contributed by atoms with Gasteiger partial charge in [-0.05, 0) is 6.92 Å².